The van der Waals surface area contributed by atoms with Gasteiger partial charge in [0.05, 0.1) is 16.3 Å². The molecule has 4 aromatic rings. The van der Waals surface area contributed by atoms with Gasteiger partial charge >= 0.3 is 5.63 Å². The summed E-state index contributed by atoms with van der Waals surface area (Å²) in [5, 5.41) is 1.29. The molecule has 1 fully saturated rings. The first kappa shape index (κ1) is 19.1. The Morgan fingerprint density at radius 1 is 1.23 bits per heavy atom. The average molecular weight is 424 g/mol. The maximum Gasteiger partial charge on any atom is 0.347 e. The number of aromatic nitrogens is 3. The van der Waals surface area contributed by atoms with Gasteiger partial charge in [-0.1, -0.05) is 18.5 Å². The van der Waals surface area contributed by atoms with Crippen molar-refractivity contribution in [1.82, 2.24) is 19.3 Å². The van der Waals surface area contributed by atoms with Crippen molar-refractivity contribution in [2.75, 3.05) is 31.1 Å². The molecule has 0 spiro atoms. The van der Waals surface area contributed by atoms with Crippen molar-refractivity contribution in [2.45, 2.75) is 19.9 Å². The van der Waals surface area contributed by atoms with Crippen molar-refractivity contribution < 1.29 is 4.42 Å². The number of likely N-dealkylation sites (N-methyl/N-ethyl adjacent to an activating group) is 1. The van der Waals surface area contributed by atoms with Crippen LogP contribution in [0.3, 0.4) is 0 Å². The van der Waals surface area contributed by atoms with Gasteiger partial charge < -0.3 is 13.7 Å². The van der Waals surface area contributed by atoms with E-state index in [-0.39, 0.29) is 0 Å². The third kappa shape index (κ3) is 3.24. The molecule has 1 aliphatic rings. The summed E-state index contributed by atoms with van der Waals surface area (Å²) >= 11 is 6.21. The van der Waals surface area contributed by atoms with Gasteiger partial charge in [0, 0.05) is 43.5 Å². The Morgan fingerprint density at radius 2 is 2.10 bits per heavy atom. The first-order valence-electron chi connectivity index (χ1n) is 10.1. The molecular weight excluding hydrogens is 402 g/mol. The number of pyridine rings is 2. The lowest BCUT2D eigenvalue weighted by molar-refractivity contribution is 0.199. The van der Waals surface area contributed by atoms with E-state index in [1.807, 2.05) is 24.4 Å². The lowest BCUT2D eigenvalue weighted by Crippen LogP contribution is -2.51. The number of anilines is 1. The lowest BCUT2D eigenvalue weighted by Gasteiger charge is -2.39. The van der Waals surface area contributed by atoms with Gasteiger partial charge in [-0.2, -0.15) is 4.98 Å². The van der Waals surface area contributed by atoms with Crippen molar-refractivity contribution in [1.29, 1.82) is 0 Å². The molecule has 0 aliphatic carbocycles. The zero-order chi connectivity index (χ0) is 20.8. The number of piperazine rings is 1. The molecule has 1 aliphatic heterocycles. The fourth-order valence-corrected chi connectivity index (χ4v) is 4.34. The van der Waals surface area contributed by atoms with Crippen molar-refractivity contribution in [3.05, 3.63) is 58.2 Å². The Hall–Kier alpha value is -2.90. The van der Waals surface area contributed by atoms with Gasteiger partial charge in [0.25, 0.3) is 0 Å². The SMILES string of the molecule is CCN1CCN(c2ccc3cc(-c4cn5cccc(Cl)c5n4)c(=O)oc3n2)C[C@@H]1C. The van der Waals surface area contributed by atoms with Gasteiger partial charge in [0.2, 0.25) is 5.71 Å². The quantitative estimate of drug-likeness (QED) is 0.500. The van der Waals surface area contributed by atoms with E-state index in [9.17, 15) is 4.79 Å². The molecule has 0 radical (unpaired) electrons. The molecule has 8 heteroatoms. The molecule has 7 nitrogen and oxygen atoms in total. The van der Waals surface area contributed by atoms with Gasteiger partial charge in [-0.25, -0.2) is 9.78 Å². The number of hydrogen-bond acceptors (Lipinski definition) is 6. The van der Waals surface area contributed by atoms with Crippen LogP contribution in [0.1, 0.15) is 13.8 Å². The summed E-state index contributed by atoms with van der Waals surface area (Å²) in [7, 11) is 0. The summed E-state index contributed by atoms with van der Waals surface area (Å²) in [6.45, 7) is 8.26. The minimum Gasteiger partial charge on any atom is -0.403 e. The summed E-state index contributed by atoms with van der Waals surface area (Å²) in [6, 6.07) is 9.77. The molecule has 5 rings (SSSR count). The van der Waals surface area contributed by atoms with Crippen LogP contribution < -0.4 is 10.5 Å². The first-order chi connectivity index (χ1) is 14.5. The van der Waals surface area contributed by atoms with Gasteiger partial charge in [-0.3, -0.25) is 4.90 Å². The molecule has 0 unspecified atom stereocenters. The second-order valence-electron chi connectivity index (χ2n) is 7.65. The first-order valence-corrected chi connectivity index (χ1v) is 10.5. The number of rotatable bonds is 3. The van der Waals surface area contributed by atoms with Crippen LogP contribution in [-0.2, 0) is 0 Å². The van der Waals surface area contributed by atoms with E-state index >= 15 is 0 Å². The Labute approximate surface area is 178 Å². The number of imidazole rings is 1. The minimum atomic E-state index is -0.462. The molecule has 4 aromatic heterocycles. The molecule has 0 saturated carbocycles. The van der Waals surface area contributed by atoms with E-state index < -0.39 is 5.63 Å². The van der Waals surface area contributed by atoms with Crippen LogP contribution in [0.2, 0.25) is 5.02 Å². The minimum absolute atomic E-state index is 0.341. The van der Waals surface area contributed by atoms with Crippen molar-refractivity contribution in [3.63, 3.8) is 0 Å². The molecule has 1 saturated heterocycles. The number of hydrogen-bond donors (Lipinski definition) is 0. The average Bonchev–Trinajstić information content (AvgIpc) is 3.18. The normalized spacial score (nSPS) is 17.8. The topological polar surface area (TPSA) is 66.9 Å². The summed E-state index contributed by atoms with van der Waals surface area (Å²) in [5.74, 6) is 0.834. The van der Waals surface area contributed by atoms with Crippen molar-refractivity contribution >= 4 is 34.2 Å². The zero-order valence-electron chi connectivity index (χ0n) is 16.9. The molecule has 5 heterocycles. The highest BCUT2D eigenvalue weighted by molar-refractivity contribution is 6.33. The fraction of sp³-hybridized carbons (Fsp3) is 0.318. The van der Waals surface area contributed by atoms with Crippen LogP contribution in [0, 0.1) is 0 Å². The van der Waals surface area contributed by atoms with Gasteiger partial charge in [-0.15, -0.1) is 0 Å². The van der Waals surface area contributed by atoms with E-state index in [1.54, 1.807) is 22.7 Å². The van der Waals surface area contributed by atoms with Crippen molar-refractivity contribution in [3.8, 4) is 11.3 Å². The van der Waals surface area contributed by atoms with Crippen LogP contribution in [0.15, 0.2) is 51.9 Å². The monoisotopic (exact) mass is 423 g/mol. The molecule has 0 aromatic carbocycles. The summed E-state index contributed by atoms with van der Waals surface area (Å²) in [4.78, 5) is 26.5. The molecule has 0 bridgehead atoms. The van der Waals surface area contributed by atoms with E-state index in [2.05, 4.69) is 33.6 Å². The fourth-order valence-electron chi connectivity index (χ4n) is 4.13. The number of fused-ring (bicyclic) bond motifs is 2. The molecule has 1 atom stereocenters. The van der Waals surface area contributed by atoms with Crippen LogP contribution in [0.25, 0.3) is 28.0 Å². The highest BCUT2D eigenvalue weighted by atomic mass is 35.5. The number of nitrogens with zero attached hydrogens (tertiary/aromatic N) is 5. The maximum atomic E-state index is 12.7. The van der Waals surface area contributed by atoms with E-state index in [1.165, 1.54) is 0 Å². The largest absolute Gasteiger partial charge is 0.403 e. The molecule has 30 heavy (non-hydrogen) atoms. The number of halogens is 1. The Balaban J connectivity index is 1.51. The van der Waals surface area contributed by atoms with Gasteiger partial charge in [0.1, 0.15) is 5.82 Å². The standard InChI is InChI=1S/C22H22ClN5O2/c1-3-26-9-10-27(12-14(26)2)19-7-6-15-11-16(22(29)30-21(15)25-19)18-13-28-8-4-5-17(23)20(28)24-18/h4-8,11,13-14H,3,9-10,12H2,1-2H3/t14-/m0/s1. The Morgan fingerprint density at radius 3 is 2.87 bits per heavy atom. The second-order valence-corrected chi connectivity index (χ2v) is 8.06. The van der Waals surface area contributed by atoms with E-state index in [0.717, 1.165) is 37.4 Å². The van der Waals surface area contributed by atoms with E-state index in [4.69, 9.17) is 16.0 Å². The Bertz CT molecular complexity index is 1300. The molecular formula is C22H22ClN5O2. The van der Waals surface area contributed by atoms with Crippen LogP contribution in [0.4, 0.5) is 5.82 Å². The highest BCUT2D eigenvalue weighted by Gasteiger charge is 2.23. The van der Waals surface area contributed by atoms with Crippen molar-refractivity contribution in [2.24, 2.45) is 0 Å². The third-order valence-electron chi connectivity index (χ3n) is 5.79. The molecule has 0 N–H and O–H groups in total. The molecule has 0 amide bonds. The Kier molecular flexibility index (Phi) is 4.72. The predicted octanol–water partition coefficient (Wildman–Crippen LogP) is 3.69. The molecule has 154 valence electrons. The third-order valence-corrected chi connectivity index (χ3v) is 6.09. The van der Waals surface area contributed by atoms with Crippen LogP contribution in [-0.4, -0.2) is 51.5 Å². The maximum absolute atomic E-state index is 12.7. The van der Waals surface area contributed by atoms with E-state index in [0.29, 0.717) is 33.7 Å². The highest BCUT2D eigenvalue weighted by Crippen LogP contribution is 2.25. The second kappa shape index (κ2) is 7.41. The summed E-state index contributed by atoms with van der Waals surface area (Å²) in [6.07, 6.45) is 3.61. The van der Waals surface area contributed by atoms with Crippen LogP contribution in [0.5, 0.6) is 0 Å². The summed E-state index contributed by atoms with van der Waals surface area (Å²) in [5.41, 5.74) is 1.39. The lowest BCUT2D eigenvalue weighted by atomic mass is 10.1. The van der Waals surface area contributed by atoms with Crippen LogP contribution >= 0.6 is 11.6 Å². The summed E-state index contributed by atoms with van der Waals surface area (Å²) < 4.78 is 7.38. The smallest absolute Gasteiger partial charge is 0.347 e. The zero-order valence-corrected chi connectivity index (χ0v) is 17.6. The van der Waals surface area contributed by atoms with Gasteiger partial charge in [-0.05, 0) is 43.8 Å². The van der Waals surface area contributed by atoms with Gasteiger partial charge in [0.15, 0.2) is 5.65 Å². The predicted molar refractivity (Wildman–Crippen MR) is 118 cm³/mol.